The minimum absolute atomic E-state index is 0.110. The molecule has 1 heterocycles. The summed E-state index contributed by atoms with van der Waals surface area (Å²) in [5.41, 5.74) is 0.596. The zero-order valence-corrected chi connectivity index (χ0v) is 15.6. The molecule has 2 aliphatic rings. The van der Waals surface area contributed by atoms with Crippen molar-refractivity contribution in [2.24, 2.45) is 5.92 Å². The number of likely N-dealkylation sites (tertiary alicyclic amines) is 1. The van der Waals surface area contributed by atoms with Gasteiger partial charge in [-0.15, -0.1) is 0 Å². The second-order valence-corrected chi connectivity index (χ2v) is 7.15. The third-order valence-corrected chi connectivity index (χ3v) is 5.46. The lowest BCUT2D eigenvalue weighted by molar-refractivity contribution is -0.130. The summed E-state index contributed by atoms with van der Waals surface area (Å²) in [6.45, 7) is 0.522. The molecule has 0 radical (unpaired) electrons. The Kier molecular flexibility index (Phi) is 6.01. The Morgan fingerprint density at radius 1 is 1.12 bits per heavy atom. The maximum Gasteiger partial charge on any atom is 0.229 e. The van der Waals surface area contributed by atoms with E-state index in [1.165, 1.54) is 25.7 Å². The Bertz CT molecular complexity index is 653. The van der Waals surface area contributed by atoms with Crippen LogP contribution in [-0.2, 0) is 9.59 Å². The Labute approximate surface area is 154 Å². The molecule has 6 heteroatoms. The van der Waals surface area contributed by atoms with Gasteiger partial charge in [-0.25, -0.2) is 0 Å². The van der Waals surface area contributed by atoms with E-state index in [-0.39, 0.29) is 17.7 Å². The van der Waals surface area contributed by atoms with Crippen molar-refractivity contribution in [1.82, 2.24) is 4.90 Å². The van der Waals surface area contributed by atoms with E-state index in [1.807, 2.05) is 4.90 Å². The van der Waals surface area contributed by atoms with E-state index in [4.69, 9.17) is 9.47 Å². The highest BCUT2D eigenvalue weighted by Crippen LogP contribution is 2.32. The molecule has 1 aromatic rings. The first-order valence-electron chi connectivity index (χ1n) is 9.44. The number of anilines is 1. The second-order valence-electron chi connectivity index (χ2n) is 7.15. The van der Waals surface area contributed by atoms with E-state index >= 15 is 0 Å². The first-order valence-corrected chi connectivity index (χ1v) is 9.44. The van der Waals surface area contributed by atoms with Gasteiger partial charge in [-0.1, -0.05) is 25.7 Å². The van der Waals surface area contributed by atoms with Crippen molar-refractivity contribution in [3.8, 4) is 11.5 Å². The minimum Gasteiger partial charge on any atom is -0.497 e. The topological polar surface area (TPSA) is 67.9 Å². The summed E-state index contributed by atoms with van der Waals surface area (Å²) < 4.78 is 10.5. The third-order valence-electron chi connectivity index (χ3n) is 5.46. The van der Waals surface area contributed by atoms with Gasteiger partial charge in [-0.05, 0) is 25.0 Å². The highest BCUT2D eigenvalue weighted by molar-refractivity contribution is 5.98. The number of hydrogen-bond acceptors (Lipinski definition) is 4. The first-order chi connectivity index (χ1) is 12.6. The van der Waals surface area contributed by atoms with Gasteiger partial charge in [0.05, 0.1) is 25.8 Å². The molecule has 0 spiro atoms. The fraction of sp³-hybridized carbons (Fsp3) is 0.600. The van der Waals surface area contributed by atoms with E-state index in [0.29, 0.717) is 36.2 Å². The van der Waals surface area contributed by atoms with E-state index < -0.39 is 0 Å². The second kappa shape index (κ2) is 8.43. The largest absolute Gasteiger partial charge is 0.497 e. The predicted molar refractivity (Wildman–Crippen MR) is 99.5 cm³/mol. The number of amides is 2. The summed E-state index contributed by atoms with van der Waals surface area (Å²) in [5.74, 6) is 0.882. The van der Waals surface area contributed by atoms with Gasteiger partial charge in [0.1, 0.15) is 11.5 Å². The summed E-state index contributed by atoms with van der Waals surface area (Å²) in [4.78, 5) is 27.1. The monoisotopic (exact) mass is 360 g/mol. The Morgan fingerprint density at radius 2 is 1.85 bits per heavy atom. The fourth-order valence-corrected chi connectivity index (χ4v) is 3.97. The Morgan fingerprint density at radius 3 is 2.50 bits per heavy atom. The lowest BCUT2D eigenvalue weighted by Crippen LogP contribution is -2.37. The van der Waals surface area contributed by atoms with Gasteiger partial charge in [-0.2, -0.15) is 0 Å². The van der Waals surface area contributed by atoms with Crippen LogP contribution in [0.15, 0.2) is 18.2 Å². The van der Waals surface area contributed by atoms with Crippen LogP contribution in [0.5, 0.6) is 11.5 Å². The van der Waals surface area contributed by atoms with Crippen molar-refractivity contribution in [3.05, 3.63) is 18.2 Å². The van der Waals surface area contributed by atoms with E-state index in [1.54, 1.807) is 32.4 Å². The SMILES string of the molecule is COc1ccc(NC(=O)C2CC(=O)N(C3CCCCCC3)C2)c(OC)c1. The number of carbonyl (C=O) groups is 2. The standard InChI is InChI=1S/C20H28N2O4/c1-25-16-9-10-17(18(12-16)26-2)21-20(24)14-11-19(23)22(13-14)15-7-5-3-4-6-8-15/h9-10,12,14-15H,3-8,11,13H2,1-2H3,(H,21,24). The van der Waals surface area contributed by atoms with Crippen LogP contribution in [0.1, 0.15) is 44.9 Å². The molecule has 142 valence electrons. The molecule has 1 saturated heterocycles. The normalized spacial score (nSPS) is 21.4. The van der Waals surface area contributed by atoms with Crippen LogP contribution in [0.3, 0.4) is 0 Å². The molecule has 3 rings (SSSR count). The summed E-state index contributed by atoms with van der Waals surface area (Å²) in [5, 5.41) is 2.91. The molecule has 1 aliphatic carbocycles. The molecule has 26 heavy (non-hydrogen) atoms. The number of nitrogens with one attached hydrogen (secondary N) is 1. The first kappa shape index (κ1) is 18.5. The summed E-state index contributed by atoms with van der Waals surface area (Å²) >= 11 is 0. The summed E-state index contributed by atoms with van der Waals surface area (Å²) in [6.07, 6.45) is 7.27. The molecule has 1 aromatic carbocycles. The van der Waals surface area contributed by atoms with Gasteiger partial charge in [-0.3, -0.25) is 9.59 Å². The number of nitrogens with zero attached hydrogens (tertiary/aromatic N) is 1. The number of methoxy groups -OCH3 is 2. The van der Waals surface area contributed by atoms with Crippen molar-refractivity contribution in [3.63, 3.8) is 0 Å². The smallest absolute Gasteiger partial charge is 0.229 e. The highest BCUT2D eigenvalue weighted by Gasteiger charge is 2.38. The Balaban J connectivity index is 1.64. The van der Waals surface area contributed by atoms with Gasteiger partial charge in [0, 0.05) is 25.1 Å². The van der Waals surface area contributed by atoms with Crippen LogP contribution in [0.4, 0.5) is 5.69 Å². The molecular weight excluding hydrogens is 332 g/mol. The van der Waals surface area contributed by atoms with Crippen LogP contribution >= 0.6 is 0 Å². The van der Waals surface area contributed by atoms with Gasteiger partial charge in [0.2, 0.25) is 11.8 Å². The fourth-order valence-electron chi connectivity index (χ4n) is 3.97. The minimum atomic E-state index is -0.308. The molecule has 0 bridgehead atoms. The zero-order chi connectivity index (χ0) is 18.5. The average molecular weight is 360 g/mol. The quantitative estimate of drug-likeness (QED) is 0.819. The third kappa shape index (κ3) is 4.11. The molecule has 0 aromatic heterocycles. The summed E-state index contributed by atoms with van der Waals surface area (Å²) in [6, 6.07) is 5.57. The number of carbonyl (C=O) groups excluding carboxylic acids is 2. The van der Waals surface area contributed by atoms with Crippen molar-refractivity contribution in [2.75, 3.05) is 26.1 Å². The van der Waals surface area contributed by atoms with Crippen molar-refractivity contribution >= 4 is 17.5 Å². The summed E-state index contributed by atoms with van der Waals surface area (Å²) in [7, 11) is 3.14. The molecular formula is C20H28N2O4. The zero-order valence-electron chi connectivity index (χ0n) is 15.6. The van der Waals surface area contributed by atoms with Crippen molar-refractivity contribution in [1.29, 1.82) is 0 Å². The molecule has 2 amide bonds. The van der Waals surface area contributed by atoms with Crippen molar-refractivity contribution < 1.29 is 19.1 Å². The maximum atomic E-state index is 12.7. The van der Waals surface area contributed by atoms with Gasteiger partial charge >= 0.3 is 0 Å². The molecule has 1 unspecified atom stereocenters. The number of benzene rings is 1. The van der Waals surface area contributed by atoms with Gasteiger partial charge in [0.15, 0.2) is 0 Å². The average Bonchev–Trinajstić information content (AvgIpc) is 2.86. The van der Waals surface area contributed by atoms with Crippen LogP contribution in [0.2, 0.25) is 0 Å². The predicted octanol–water partition coefficient (Wildman–Crippen LogP) is 3.21. The van der Waals surface area contributed by atoms with E-state index in [9.17, 15) is 9.59 Å². The molecule has 1 aliphatic heterocycles. The van der Waals surface area contributed by atoms with Crippen LogP contribution in [0, 0.1) is 5.92 Å². The molecule has 6 nitrogen and oxygen atoms in total. The number of hydrogen-bond donors (Lipinski definition) is 1. The van der Waals surface area contributed by atoms with Crippen LogP contribution in [0.25, 0.3) is 0 Å². The van der Waals surface area contributed by atoms with E-state index in [0.717, 1.165) is 12.8 Å². The lowest BCUT2D eigenvalue weighted by atomic mass is 10.1. The number of rotatable bonds is 5. The molecule has 1 atom stereocenters. The van der Waals surface area contributed by atoms with Crippen LogP contribution in [-0.4, -0.2) is 43.5 Å². The maximum absolute atomic E-state index is 12.7. The lowest BCUT2D eigenvalue weighted by Gasteiger charge is -2.27. The van der Waals surface area contributed by atoms with E-state index in [2.05, 4.69) is 5.32 Å². The number of ether oxygens (including phenoxy) is 2. The molecule has 2 fully saturated rings. The molecule has 1 N–H and O–H groups in total. The highest BCUT2D eigenvalue weighted by atomic mass is 16.5. The Hall–Kier alpha value is -2.24. The van der Waals surface area contributed by atoms with Gasteiger partial charge < -0.3 is 19.7 Å². The van der Waals surface area contributed by atoms with Crippen LogP contribution < -0.4 is 14.8 Å². The molecule has 1 saturated carbocycles. The van der Waals surface area contributed by atoms with Gasteiger partial charge in [0.25, 0.3) is 0 Å². The van der Waals surface area contributed by atoms with Crippen molar-refractivity contribution in [2.45, 2.75) is 51.0 Å².